The van der Waals surface area contributed by atoms with E-state index in [0.717, 1.165) is 17.1 Å². The number of rotatable bonds is 3. The Hall–Kier alpha value is -1.48. The van der Waals surface area contributed by atoms with Crippen molar-refractivity contribution in [2.75, 3.05) is 5.73 Å². The molecule has 0 aliphatic rings. The maximum Gasteiger partial charge on any atom is 0.0526 e. The molecule has 0 bridgehead atoms. The van der Waals surface area contributed by atoms with E-state index in [1.807, 2.05) is 6.07 Å². The summed E-state index contributed by atoms with van der Waals surface area (Å²) >= 11 is 1.77. The minimum atomic E-state index is 0.773. The van der Waals surface area contributed by atoms with Crippen molar-refractivity contribution in [1.29, 1.82) is 0 Å². The van der Waals surface area contributed by atoms with Gasteiger partial charge in [-0.25, -0.2) is 0 Å². The number of hydrogen-bond donors (Lipinski definition) is 1. The summed E-state index contributed by atoms with van der Waals surface area (Å²) in [6.07, 6.45) is 1.75. The van der Waals surface area contributed by atoms with Crippen LogP contribution in [0.4, 0.5) is 5.69 Å². The van der Waals surface area contributed by atoms with E-state index >= 15 is 0 Å². The van der Waals surface area contributed by atoms with Crippen LogP contribution in [0.2, 0.25) is 0 Å². The van der Waals surface area contributed by atoms with Gasteiger partial charge in [0.25, 0.3) is 0 Å². The van der Waals surface area contributed by atoms with E-state index in [1.165, 1.54) is 10.5 Å². The number of aryl methyl sites for hydroxylation is 1. The Kier molecular flexibility index (Phi) is 3.47. The summed E-state index contributed by atoms with van der Waals surface area (Å²) in [6.45, 7) is 2.09. The van der Waals surface area contributed by atoms with Gasteiger partial charge in [0.2, 0.25) is 0 Å². The van der Waals surface area contributed by atoms with Crippen molar-refractivity contribution in [2.24, 2.45) is 0 Å². The maximum atomic E-state index is 5.70. The van der Waals surface area contributed by atoms with Gasteiger partial charge in [-0.1, -0.05) is 17.7 Å². The van der Waals surface area contributed by atoms with Gasteiger partial charge in [0.15, 0.2) is 0 Å². The van der Waals surface area contributed by atoms with E-state index in [9.17, 15) is 0 Å². The van der Waals surface area contributed by atoms with Crippen molar-refractivity contribution in [3.05, 3.63) is 53.9 Å². The van der Waals surface area contributed by atoms with E-state index in [1.54, 1.807) is 24.0 Å². The summed E-state index contributed by atoms with van der Waals surface area (Å²) in [4.78, 5) is 5.53. The molecule has 0 amide bonds. The van der Waals surface area contributed by atoms with E-state index in [-0.39, 0.29) is 0 Å². The third-order valence-corrected chi connectivity index (χ3v) is 3.29. The molecule has 2 N–H and O–H groups in total. The lowest BCUT2D eigenvalue weighted by Gasteiger charge is -2.02. The first-order valence-electron chi connectivity index (χ1n) is 5.14. The number of nitrogens with two attached hydrogens (primary N) is 1. The normalized spacial score (nSPS) is 10.3. The second-order valence-electron chi connectivity index (χ2n) is 3.68. The number of benzene rings is 1. The van der Waals surface area contributed by atoms with E-state index in [0.29, 0.717) is 0 Å². The second-order valence-corrected chi connectivity index (χ2v) is 4.73. The Balaban J connectivity index is 1.99. The molecular weight excluding hydrogens is 216 g/mol. The Morgan fingerprint density at radius 3 is 2.62 bits per heavy atom. The molecular formula is C13H14N2S. The van der Waals surface area contributed by atoms with E-state index in [2.05, 4.69) is 36.2 Å². The number of nitrogen functional groups attached to an aromatic ring is 1. The quantitative estimate of drug-likeness (QED) is 0.822. The lowest BCUT2D eigenvalue weighted by atomic mass is 10.2. The van der Waals surface area contributed by atoms with Gasteiger partial charge in [-0.15, -0.1) is 11.8 Å². The summed E-state index contributed by atoms with van der Waals surface area (Å²) in [5.74, 6) is 0.855. The number of nitrogens with zero attached hydrogens (tertiary/aromatic N) is 1. The van der Waals surface area contributed by atoms with Crippen LogP contribution in [-0.4, -0.2) is 4.98 Å². The van der Waals surface area contributed by atoms with E-state index in [4.69, 9.17) is 5.73 Å². The molecule has 1 aromatic carbocycles. The predicted octanol–water partition coefficient (Wildman–Crippen LogP) is 3.26. The van der Waals surface area contributed by atoms with Gasteiger partial charge in [0, 0.05) is 22.5 Å². The first-order valence-corrected chi connectivity index (χ1v) is 6.12. The summed E-state index contributed by atoms with van der Waals surface area (Å²) in [7, 11) is 0. The van der Waals surface area contributed by atoms with Crippen LogP contribution < -0.4 is 5.73 Å². The fraction of sp³-hybridized carbons (Fsp3) is 0.154. The maximum absolute atomic E-state index is 5.70. The molecule has 0 fully saturated rings. The molecule has 1 heterocycles. The third kappa shape index (κ3) is 3.00. The third-order valence-electron chi connectivity index (χ3n) is 2.25. The molecule has 2 aromatic rings. The zero-order valence-corrected chi connectivity index (χ0v) is 10.00. The van der Waals surface area contributed by atoms with Crippen molar-refractivity contribution in [3.8, 4) is 0 Å². The smallest absolute Gasteiger partial charge is 0.0526 e. The van der Waals surface area contributed by atoms with Gasteiger partial charge < -0.3 is 5.73 Å². The lowest BCUT2D eigenvalue weighted by molar-refractivity contribution is 1.18. The standard InChI is InChI=1S/C13H14N2S/c1-10-2-4-13(5-3-10)16-9-12-8-11(14)6-7-15-12/h2-8H,9H2,1H3,(H2,14,15). The highest BCUT2D eigenvalue weighted by molar-refractivity contribution is 7.98. The Morgan fingerprint density at radius 1 is 1.19 bits per heavy atom. The Labute approximate surface area is 99.9 Å². The highest BCUT2D eigenvalue weighted by Gasteiger charge is 1.97. The zero-order chi connectivity index (χ0) is 11.4. The molecule has 16 heavy (non-hydrogen) atoms. The lowest BCUT2D eigenvalue weighted by Crippen LogP contribution is -1.90. The van der Waals surface area contributed by atoms with Crippen molar-refractivity contribution < 1.29 is 0 Å². The number of thioether (sulfide) groups is 1. The average Bonchev–Trinajstić information content (AvgIpc) is 2.28. The minimum absolute atomic E-state index is 0.773. The predicted molar refractivity (Wildman–Crippen MR) is 69.4 cm³/mol. The average molecular weight is 230 g/mol. The fourth-order valence-electron chi connectivity index (χ4n) is 1.37. The number of pyridine rings is 1. The SMILES string of the molecule is Cc1ccc(SCc2cc(N)ccn2)cc1. The van der Waals surface area contributed by atoms with Crippen LogP contribution >= 0.6 is 11.8 Å². The molecule has 82 valence electrons. The molecule has 0 spiro atoms. The molecule has 2 rings (SSSR count). The van der Waals surface area contributed by atoms with Crippen molar-refractivity contribution in [1.82, 2.24) is 4.98 Å². The van der Waals surface area contributed by atoms with Crippen LogP contribution in [0.15, 0.2) is 47.5 Å². The minimum Gasteiger partial charge on any atom is -0.399 e. The molecule has 0 atom stereocenters. The van der Waals surface area contributed by atoms with Crippen molar-refractivity contribution in [2.45, 2.75) is 17.6 Å². The van der Waals surface area contributed by atoms with Crippen LogP contribution in [0.25, 0.3) is 0 Å². The topological polar surface area (TPSA) is 38.9 Å². The summed E-state index contributed by atoms with van der Waals surface area (Å²) in [6, 6.07) is 12.2. The number of hydrogen-bond acceptors (Lipinski definition) is 3. The molecule has 0 aliphatic heterocycles. The van der Waals surface area contributed by atoms with Gasteiger partial charge >= 0.3 is 0 Å². The van der Waals surface area contributed by atoms with E-state index < -0.39 is 0 Å². The molecule has 0 saturated carbocycles. The van der Waals surface area contributed by atoms with Crippen LogP contribution in [-0.2, 0) is 5.75 Å². The van der Waals surface area contributed by atoms with Crippen molar-refractivity contribution in [3.63, 3.8) is 0 Å². The Morgan fingerprint density at radius 2 is 1.94 bits per heavy atom. The van der Waals surface area contributed by atoms with Crippen LogP contribution in [0, 0.1) is 6.92 Å². The molecule has 0 aliphatic carbocycles. The van der Waals surface area contributed by atoms with Gasteiger partial charge in [-0.3, -0.25) is 4.98 Å². The molecule has 0 radical (unpaired) electrons. The molecule has 0 unspecified atom stereocenters. The molecule has 0 saturated heterocycles. The second kappa shape index (κ2) is 5.03. The monoisotopic (exact) mass is 230 g/mol. The largest absolute Gasteiger partial charge is 0.399 e. The van der Waals surface area contributed by atoms with Gasteiger partial charge in [0.1, 0.15) is 0 Å². The van der Waals surface area contributed by atoms with Crippen molar-refractivity contribution >= 4 is 17.4 Å². The van der Waals surface area contributed by atoms with Gasteiger partial charge in [-0.05, 0) is 31.2 Å². The zero-order valence-electron chi connectivity index (χ0n) is 9.18. The van der Waals surface area contributed by atoms with Crippen LogP contribution in [0.1, 0.15) is 11.3 Å². The summed E-state index contributed by atoms with van der Waals surface area (Å²) < 4.78 is 0. The molecule has 1 aromatic heterocycles. The van der Waals surface area contributed by atoms with Gasteiger partial charge in [0.05, 0.1) is 5.69 Å². The molecule has 3 heteroatoms. The first kappa shape index (κ1) is 11.0. The highest BCUT2D eigenvalue weighted by atomic mass is 32.2. The summed E-state index contributed by atoms with van der Waals surface area (Å²) in [5.41, 5.74) is 8.77. The highest BCUT2D eigenvalue weighted by Crippen LogP contribution is 2.22. The molecule has 2 nitrogen and oxygen atoms in total. The van der Waals surface area contributed by atoms with Crippen LogP contribution in [0.5, 0.6) is 0 Å². The van der Waals surface area contributed by atoms with Crippen LogP contribution in [0.3, 0.4) is 0 Å². The van der Waals surface area contributed by atoms with Gasteiger partial charge in [-0.2, -0.15) is 0 Å². The fourth-order valence-corrected chi connectivity index (χ4v) is 2.17. The first-order chi connectivity index (χ1) is 7.74. The number of anilines is 1. The number of aromatic nitrogens is 1. The summed E-state index contributed by atoms with van der Waals surface area (Å²) in [5, 5.41) is 0. The Bertz CT molecular complexity index is 466.